The lowest BCUT2D eigenvalue weighted by Crippen LogP contribution is -2.15. The number of pyridine rings is 2. The number of carbonyl (C=O) groups excluding carboxylic acids is 1. The number of aromatic nitrogens is 3. The normalized spacial score (nSPS) is 21.3. The first-order valence-corrected chi connectivity index (χ1v) is 11.1. The van der Waals surface area contributed by atoms with Crippen molar-refractivity contribution in [2.24, 2.45) is 17.8 Å². The van der Waals surface area contributed by atoms with Gasteiger partial charge in [-0.25, -0.2) is 15.0 Å². The van der Waals surface area contributed by atoms with Gasteiger partial charge in [0.05, 0.1) is 12.2 Å². The number of rotatable bonds is 7. The molecule has 1 aromatic carbocycles. The number of hydrogen-bond donors (Lipinski definition) is 2. The first kappa shape index (κ1) is 16.9. The zero-order chi connectivity index (χ0) is 25.0. The smallest absolute Gasteiger partial charge is 0.229 e. The number of nitrogens with zero attached hydrogens (tertiary/aromatic N) is 3. The summed E-state index contributed by atoms with van der Waals surface area (Å²) in [6.45, 7) is 0.291. The van der Waals surface area contributed by atoms with Gasteiger partial charge in [0.15, 0.2) is 5.58 Å². The predicted molar refractivity (Wildman–Crippen MR) is 126 cm³/mol. The SMILES string of the molecule is [2H]C([2H])([2H])Nc1ncc(-c2nc3cc(OCC4CC4)ccc3o2)c2cc(NC(=O)C3CC3C)ncc12. The van der Waals surface area contributed by atoms with Crippen LogP contribution >= 0.6 is 0 Å². The standard InChI is InChI=1S/C25H25N5O3/c1-13-7-16(13)24(31)30-22-9-17-18(10-27-22)23(26-2)28-11-19(17)25-29-20-8-15(5-6-21(20)33-25)32-12-14-3-4-14/h5-6,8-11,13-14,16H,3-4,7,12H2,1-2H3,(H,26,28)(H,27,30,31)/i2D3. The monoisotopic (exact) mass is 446 g/mol. The molecule has 3 aromatic heterocycles. The lowest BCUT2D eigenvalue weighted by atomic mass is 10.1. The van der Waals surface area contributed by atoms with Gasteiger partial charge in [-0.2, -0.15) is 0 Å². The van der Waals surface area contributed by atoms with Crippen molar-refractivity contribution in [3.63, 3.8) is 0 Å². The first-order valence-electron chi connectivity index (χ1n) is 12.6. The van der Waals surface area contributed by atoms with Crippen molar-refractivity contribution in [1.29, 1.82) is 0 Å². The van der Waals surface area contributed by atoms with Gasteiger partial charge in [0.1, 0.15) is 22.9 Å². The zero-order valence-corrected chi connectivity index (χ0v) is 18.1. The maximum atomic E-state index is 12.5. The van der Waals surface area contributed by atoms with E-state index in [-0.39, 0.29) is 17.6 Å². The number of oxazole rings is 1. The number of fused-ring (bicyclic) bond motifs is 2. The van der Waals surface area contributed by atoms with E-state index in [1.807, 2.05) is 25.1 Å². The molecule has 2 saturated carbocycles. The van der Waals surface area contributed by atoms with Crippen molar-refractivity contribution in [1.82, 2.24) is 15.0 Å². The number of ether oxygens (including phenoxy) is 1. The Labute approximate surface area is 195 Å². The van der Waals surface area contributed by atoms with Crippen LogP contribution in [-0.4, -0.2) is 34.4 Å². The highest BCUT2D eigenvalue weighted by molar-refractivity contribution is 6.03. The summed E-state index contributed by atoms with van der Waals surface area (Å²) in [5.74, 6) is 2.48. The summed E-state index contributed by atoms with van der Waals surface area (Å²) in [5, 5.41) is 6.39. The second-order valence-electron chi connectivity index (χ2n) is 8.97. The minimum absolute atomic E-state index is 0.0134. The molecule has 0 saturated heterocycles. The lowest BCUT2D eigenvalue weighted by Gasteiger charge is -2.10. The number of hydrogen-bond acceptors (Lipinski definition) is 7. The van der Waals surface area contributed by atoms with Gasteiger partial charge in [0.25, 0.3) is 0 Å². The van der Waals surface area contributed by atoms with Gasteiger partial charge in [-0.3, -0.25) is 4.79 Å². The van der Waals surface area contributed by atoms with Crippen molar-refractivity contribution in [2.45, 2.75) is 26.2 Å². The van der Waals surface area contributed by atoms with E-state index >= 15 is 0 Å². The number of nitrogens with one attached hydrogen (secondary N) is 2. The second kappa shape index (κ2) is 7.72. The fraction of sp³-hybridized carbons (Fsp3) is 0.360. The quantitative estimate of drug-likeness (QED) is 0.418. The number of benzene rings is 1. The topological polar surface area (TPSA) is 102 Å². The van der Waals surface area contributed by atoms with Gasteiger partial charge in [0.2, 0.25) is 11.8 Å². The third kappa shape index (κ3) is 3.86. The highest BCUT2D eigenvalue weighted by Gasteiger charge is 2.39. The van der Waals surface area contributed by atoms with Crippen LogP contribution < -0.4 is 15.4 Å². The van der Waals surface area contributed by atoms with Crippen molar-refractivity contribution in [3.8, 4) is 17.2 Å². The van der Waals surface area contributed by atoms with Crippen LogP contribution in [0.2, 0.25) is 0 Å². The maximum absolute atomic E-state index is 12.5. The summed E-state index contributed by atoms with van der Waals surface area (Å²) >= 11 is 0. The van der Waals surface area contributed by atoms with E-state index in [0.29, 0.717) is 57.6 Å². The fourth-order valence-electron chi connectivity index (χ4n) is 3.99. The van der Waals surface area contributed by atoms with E-state index in [1.165, 1.54) is 25.2 Å². The molecule has 33 heavy (non-hydrogen) atoms. The predicted octanol–water partition coefficient (Wildman–Crippen LogP) is 4.86. The molecule has 2 aliphatic rings. The molecular weight excluding hydrogens is 418 g/mol. The van der Waals surface area contributed by atoms with E-state index in [2.05, 4.69) is 25.6 Å². The molecule has 2 unspecified atom stereocenters. The van der Waals surface area contributed by atoms with E-state index < -0.39 is 6.98 Å². The summed E-state index contributed by atoms with van der Waals surface area (Å²) in [5.41, 5.74) is 1.78. The third-order valence-corrected chi connectivity index (χ3v) is 6.36. The van der Waals surface area contributed by atoms with Crippen LogP contribution in [0.15, 0.2) is 41.1 Å². The molecule has 0 radical (unpaired) electrons. The number of anilines is 2. The Morgan fingerprint density at radius 2 is 2.12 bits per heavy atom. The maximum Gasteiger partial charge on any atom is 0.229 e. The van der Waals surface area contributed by atoms with Crippen LogP contribution in [0.5, 0.6) is 5.75 Å². The summed E-state index contributed by atoms with van der Waals surface area (Å²) in [6, 6.07) is 7.21. The number of carbonyl (C=O) groups is 1. The number of amides is 1. The average Bonchev–Trinajstić information content (AvgIpc) is 3.74. The van der Waals surface area contributed by atoms with Crippen LogP contribution in [0.3, 0.4) is 0 Å². The largest absolute Gasteiger partial charge is 0.493 e. The van der Waals surface area contributed by atoms with Gasteiger partial charge >= 0.3 is 0 Å². The second-order valence-corrected chi connectivity index (χ2v) is 8.97. The molecule has 0 bridgehead atoms. The minimum atomic E-state index is -2.44. The Kier molecular flexibility index (Phi) is 3.95. The summed E-state index contributed by atoms with van der Waals surface area (Å²) < 4.78 is 34.7. The molecular formula is C25H25N5O3. The Balaban J connectivity index is 1.39. The molecule has 4 aromatic rings. The molecule has 2 aliphatic carbocycles. The highest BCUT2D eigenvalue weighted by Crippen LogP contribution is 2.39. The van der Waals surface area contributed by atoms with Crippen LogP contribution in [0.25, 0.3) is 33.3 Å². The molecule has 2 N–H and O–H groups in total. The third-order valence-electron chi connectivity index (χ3n) is 6.36. The zero-order valence-electron chi connectivity index (χ0n) is 21.1. The van der Waals surface area contributed by atoms with E-state index in [0.717, 1.165) is 12.2 Å². The molecule has 8 nitrogen and oxygen atoms in total. The van der Waals surface area contributed by atoms with Crippen LogP contribution in [-0.2, 0) is 4.79 Å². The van der Waals surface area contributed by atoms with Gasteiger partial charge in [0, 0.05) is 46.2 Å². The molecule has 1 amide bonds. The Hall–Kier alpha value is -3.68. The highest BCUT2D eigenvalue weighted by atomic mass is 16.5. The van der Waals surface area contributed by atoms with Gasteiger partial charge in [-0.1, -0.05) is 6.92 Å². The average molecular weight is 447 g/mol. The minimum Gasteiger partial charge on any atom is -0.493 e. The van der Waals surface area contributed by atoms with E-state index in [4.69, 9.17) is 13.3 Å². The molecule has 0 spiro atoms. The Morgan fingerprint density at radius 3 is 2.91 bits per heavy atom. The van der Waals surface area contributed by atoms with E-state index in [9.17, 15) is 4.79 Å². The summed E-state index contributed by atoms with van der Waals surface area (Å²) in [6.07, 6.45) is 6.29. The molecule has 0 aliphatic heterocycles. The van der Waals surface area contributed by atoms with E-state index in [1.54, 1.807) is 6.07 Å². The van der Waals surface area contributed by atoms with Crippen LogP contribution in [0.4, 0.5) is 11.6 Å². The van der Waals surface area contributed by atoms with Gasteiger partial charge in [-0.15, -0.1) is 0 Å². The van der Waals surface area contributed by atoms with Crippen LogP contribution in [0.1, 0.15) is 30.3 Å². The Bertz CT molecular complexity index is 1480. The lowest BCUT2D eigenvalue weighted by molar-refractivity contribution is -0.117. The molecule has 2 atom stereocenters. The molecule has 3 heterocycles. The van der Waals surface area contributed by atoms with Gasteiger partial charge < -0.3 is 19.8 Å². The van der Waals surface area contributed by atoms with Crippen molar-refractivity contribution in [3.05, 3.63) is 36.7 Å². The van der Waals surface area contributed by atoms with Crippen molar-refractivity contribution >= 4 is 39.4 Å². The molecule has 6 rings (SSSR count). The Morgan fingerprint density at radius 1 is 1.24 bits per heavy atom. The van der Waals surface area contributed by atoms with Gasteiger partial charge in [-0.05, 0) is 49.3 Å². The van der Waals surface area contributed by atoms with Crippen LogP contribution in [0, 0.1) is 17.8 Å². The van der Waals surface area contributed by atoms with Crippen molar-refractivity contribution in [2.75, 3.05) is 24.2 Å². The van der Waals surface area contributed by atoms with Crippen molar-refractivity contribution < 1.29 is 18.1 Å². The molecule has 168 valence electrons. The summed E-state index contributed by atoms with van der Waals surface area (Å²) in [7, 11) is 0. The fourth-order valence-corrected chi connectivity index (χ4v) is 3.99. The summed E-state index contributed by atoms with van der Waals surface area (Å²) in [4.78, 5) is 25.8. The molecule has 2 fully saturated rings. The first-order chi connectivity index (χ1) is 17.2. The molecule has 8 heteroatoms.